The van der Waals surface area contributed by atoms with Crippen molar-refractivity contribution in [1.29, 1.82) is 0 Å². The summed E-state index contributed by atoms with van der Waals surface area (Å²) >= 11 is 0. The van der Waals surface area contributed by atoms with Crippen LogP contribution in [-0.4, -0.2) is 109 Å². The van der Waals surface area contributed by atoms with Crippen molar-refractivity contribution < 1.29 is 59.9 Å². The molecule has 14 nitrogen and oxygen atoms in total. The van der Waals surface area contributed by atoms with E-state index in [0.29, 0.717) is 0 Å². The van der Waals surface area contributed by atoms with Crippen LogP contribution >= 0.6 is 0 Å². The summed E-state index contributed by atoms with van der Waals surface area (Å²) < 4.78 is 14.4. The number of ether oxygens (including phenoxy) is 3. The highest BCUT2D eigenvalue weighted by Crippen LogP contribution is 2.23. The average Bonchev–Trinajstić information content (AvgIpc) is 2.56. The van der Waals surface area contributed by atoms with Crippen LogP contribution in [0.2, 0.25) is 0 Å². The van der Waals surface area contributed by atoms with E-state index in [2.05, 4.69) is 0 Å². The summed E-state index contributed by atoms with van der Waals surface area (Å²) in [5, 5.41) is 63.2. The Morgan fingerprint density at radius 1 is 0.885 bits per heavy atom. The number of aliphatic hydroxyl groups excluding tert-OH is 3. The molecule has 0 radical (unpaired) electrons. The van der Waals surface area contributed by atoms with Gasteiger partial charge in [0.25, 0.3) is 0 Å². The van der Waals surface area contributed by atoms with Crippen LogP contribution in [0.3, 0.4) is 0 Å². The molecule has 5 atom stereocenters. The number of hydrogen-bond acceptors (Lipinski definition) is 14. The lowest BCUT2D eigenvalue weighted by molar-refractivity contribution is -0.309. The van der Waals surface area contributed by atoms with Crippen molar-refractivity contribution in [2.75, 3.05) is 19.7 Å². The number of carbonyl (C=O) groups is 2. The molecule has 1 heterocycles. The first kappa shape index (κ1) is 22.6. The van der Waals surface area contributed by atoms with Gasteiger partial charge in [-0.15, -0.1) is 0 Å². The van der Waals surface area contributed by atoms with Gasteiger partial charge in [-0.25, -0.2) is 0 Å². The van der Waals surface area contributed by atoms with Gasteiger partial charge in [-0.05, 0) is 0 Å². The van der Waals surface area contributed by atoms with Crippen molar-refractivity contribution in [2.45, 2.75) is 43.5 Å². The summed E-state index contributed by atoms with van der Waals surface area (Å²) in [4.78, 5) is 22.8. The second-order valence-corrected chi connectivity index (χ2v) is 5.38. The fourth-order valence-electron chi connectivity index (χ4n) is 2.03. The zero-order valence-electron chi connectivity index (χ0n) is 13.5. The third kappa shape index (κ3) is 7.42. The summed E-state index contributed by atoms with van der Waals surface area (Å²) in [5.74, 6) is -1.86. The lowest BCUT2D eigenvalue weighted by Gasteiger charge is -2.39. The number of carbonyl (C=O) groups excluding carboxylic acids is 2. The Hall–Kier alpha value is -1.46. The van der Waals surface area contributed by atoms with E-state index in [1.54, 1.807) is 0 Å². The first-order chi connectivity index (χ1) is 12.1. The Balaban J connectivity index is 2.49. The fourth-order valence-corrected chi connectivity index (χ4v) is 2.03. The molecule has 0 saturated carbocycles. The van der Waals surface area contributed by atoms with Crippen LogP contribution in [0.25, 0.3) is 0 Å². The monoisotopic (exact) mass is 386 g/mol. The highest BCUT2D eigenvalue weighted by Gasteiger charge is 2.46. The van der Waals surface area contributed by atoms with E-state index in [1.165, 1.54) is 0 Å². The van der Waals surface area contributed by atoms with E-state index in [1.807, 2.05) is 0 Å². The molecule has 0 bridgehead atoms. The SMILES string of the molecule is O=C(CCN(O)O)OC[C@H]1O[C@H](O)[C@H](OC(=O)CCN(O)O)[C@@H](O)[C@@H]1O. The predicted molar refractivity (Wildman–Crippen MR) is 73.5 cm³/mol. The number of aliphatic hydroxyl groups is 3. The van der Waals surface area contributed by atoms with Crippen molar-refractivity contribution in [1.82, 2.24) is 10.5 Å². The molecule has 152 valence electrons. The lowest BCUT2D eigenvalue weighted by Crippen LogP contribution is -2.60. The van der Waals surface area contributed by atoms with Crippen molar-refractivity contribution in [3.8, 4) is 0 Å². The minimum Gasteiger partial charge on any atom is -0.463 e. The van der Waals surface area contributed by atoms with Crippen LogP contribution in [0.15, 0.2) is 0 Å². The Bertz CT molecular complexity index is 459. The molecule has 0 spiro atoms. The topological polar surface area (TPSA) is 210 Å². The minimum atomic E-state index is -1.84. The molecule has 0 aromatic heterocycles. The maximum atomic E-state index is 11.5. The molecule has 0 aromatic rings. The van der Waals surface area contributed by atoms with Gasteiger partial charge in [0, 0.05) is 0 Å². The Morgan fingerprint density at radius 2 is 1.42 bits per heavy atom. The standard InChI is InChI=1S/C12H22N2O12/c15-7(1-3-13(20)21)24-5-6-9(17)10(18)11(12(19)25-6)26-8(16)2-4-14(22)23/h6,9-12,17-23H,1-5H2/t6-,9-,10+,11-,12+/m1/s1. The molecule has 1 saturated heterocycles. The molecule has 7 N–H and O–H groups in total. The molecule has 1 aliphatic rings. The van der Waals surface area contributed by atoms with E-state index >= 15 is 0 Å². The molecule has 0 aliphatic carbocycles. The molecule has 26 heavy (non-hydrogen) atoms. The maximum Gasteiger partial charge on any atom is 0.307 e. The van der Waals surface area contributed by atoms with Crippen LogP contribution in [0.4, 0.5) is 0 Å². The van der Waals surface area contributed by atoms with Gasteiger partial charge in [0.15, 0.2) is 12.4 Å². The number of rotatable bonds is 9. The predicted octanol–water partition coefficient (Wildman–Crippen LogP) is -3.18. The van der Waals surface area contributed by atoms with Gasteiger partial charge in [0.2, 0.25) is 0 Å². The summed E-state index contributed by atoms with van der Waals surface area (Å²) in [6, 6.07) is 0. The Labute approximate surface area is 146 Å². The van der Waals surface area contributed by atoms with Crippen molar-refractivity contribution in [3.63, 3.8) is 0 Å². The van der Waals surface area contributed by atoms with Crippen molar-refractivity contribution in [3.05, 3.63) is 0 Å². The molecule has 14 heteroatoms. The fraction of sp³-hybridized carbons (Fsp3) is 0.833. The van der Waals surface area contributed by atoms with Gasteiger partial charge in [-0.1, -0.05) is 10.5 Å². The second kappa shape index (κ2) is 10.6. The smallest absolute Gasteiger partial charge is 0.307 e. The molecular formula is C12H22N2O12. The van der Waals surface area contributed by atoms with Crippen LogP contribution in [0.5, 0.6) is 0 Å². The average molecular weight is 386 g/mol. The van der Waals surface area contributed by atoms with Gasteiger partial charge in [0.05, 0.1) is 25.9 Å². The molecule has 1 rings (SSSR count). The minimum absolute atomic E-state index is 0.216. The summed E-state index contributed by atoms with van der Waals surface area (Å²) in [6.45, 7) is -1.47. The first-order valence-corrected chi connectivity index (χ1v) is 7.47. The van der Waals surface area contributed by atoms with Crippen LogP contribution in [0.1, 0.15) is 12.8 Å². The number of nitrogens with zero attached hydrogens (tertiary/aromatic N) is 2. The largest absolute Gasteiger partial charge is 0.463 e. The zero-order chi connectivity index (χ0) is 19.9. The molecular weight excluding hydrogens is 364 g/mol. The van der Waals surface area contributed by atoms with E-state index in [4.69, 9.17) is 35.0 Å². The van der Waals surface area contributed by atoms with Gasteiger partial charge >= 0.3 is 11.9 Å². The molecule has 0 amide bonds. The second-order valence-electron chi connectivity index (χ2n) is 5.38. The Kier molecular flexibility index (Phi) is 9.23. The summed E-state index contributed by atoms with van der Waals surface area (Å²) in [6.07, 6.45) is -9.12. The molecule has 0 aromatic carbocycles. The highest BCUT2D eigenvalue weighted by atomic mass is 16.8. The molecule has 1 aliphatic heterocycles. The number of esters is 2. The molecule has 1 fully saturated rings. The molecule has 0 unspecified atom stereocenters. The van der Waals surface area contributed by atoms with Crippen molar-refractivity contribution in [2.24, 2.45) is 0 Å². The van der Waals surface area contributed by atoms with E-state index in [-0.39, 0.29) is 16.9 Å². The van der Waals surface area contributed by atoms with Gasteiger partial charge < -0.3 is 29.5 Å². The van der Waals surface area contributed by atoms with Crippen LogP contribution in [0, 0.1) is 0 Å². The number of hydroxylamine groups is 4. The van der Waals surface area contributed by atoms with E-state index < -0.39 is 68.8 Å². The quantitative estimate of drug-likeness (QED) is 0.154. The Morgan fingerprint density at radius 3 is 1.96 bits per heavy atom. The van der Waals surface area contributed by atoms with E-state index in [0.717, 1.165) is 0 Å². The van der Waals surface area contributed by atoms with Crippen LogP contribution < -0.4 is 0 Å². The zero-order valence-corrected chi connectivity index (χ0v) is 13.5. The first-order valence-electron chi connectivity index (χ1n) is 7.47. The number of hydrogen-bond donors (Lipinski definition) is 7. The normalized spacial score (nSPS) is 29.0. The highest BCUT2D eigenvalue weighted by molar-refractivity contribution is 5.70. The van der Waals surface area contributed by atoms with Crippen molar-refractivity contribution >= 4 is 11.9 Å². The summed E-state index contributed by atoms with van der Waals surface area (Å²) in [5.41, 5.74) is 0. The van der Waals surface area contributed by atoms with E-state index in [9.17, 15) is 24.9 Å². The van der Waals surface area contributed by atoms with Gasteiger partial charge in [0.1, 0.15) is 24.9 Å². The third-order valence-corrected chi connectivity index (χ3v) is 3.37. The van der Waals surface area contributed by atoms with Gasteiger partial charge in [-0.3, -0.25) is 30.4 Å². The maximum absolute atomic E-state index is 11.5. The van der Waals surface area contributed by atoms with Gasteiger partial charge in [-0.2, -0.15) is 0 Å². The third-order valence-electron chi connectivity index (χ3n) is 3.37. The lowest BCUT2D eigenvalue weighted by atomic mass is 9.99. The summed E-state index contributed by atoms with van der Waals surface area (Å²) in [7, 11) is 0. The van der Waals surface area contributed by atoms with Crippen LogP contribution in [-0.2, 0) is 23.8 Å².